The van der Waals surface area contributed by atoms with Gasteiger partial charge in [-0.2, -0.15) is 0 Å². The second-order valence-corrected chi connectivity index (χ2v) is 8.74. The Kier molecular flexibility index (Phi) is 5.21. The van der Waals surface area contributed by atoms with Crippen LogP contribution < -0.4 is 9.80 Å². The summed E-state index contributed by atoms with van der Waals surface area (Å²) >= 11 is 0. The SMILES string of the molecule is Cc1cccc(N2C(=O)C(=O)/C(=C(\O)c3c[nH]c4ccccc34)C2c2ccc(N(C)C)cc2)c1. The summed E-state index contributed by atoms with van der Waals surface area (Å²) in [6, 6.07) is 21.9. The van der Waals surface area contributed by atoms with E-state index in [9.17, 15) is 14.7 Å². The first kappa shape index (κ1) is 21.5. The van der Waals surface area contributed by atoms with Gasteiger partial charge in [0.2, 0.25) is 0 Å². The van der Waals surface area contributed by atoms with Crippen LogP contribution in [0.15, 0.2) is 84.6 Å². The van der Waals surface area contributed by atoms with Gasteiger partial charge in [-0.15, -0.1) is 0 Å². The Morgan fingerprint density at radius 3 is 2.41 bits per heavy atom. The number of aliphatic hydroxyl groups is 1. The number of hydrogen-bond donors (Lipinski definition) is 2. The van der Waals surface area contributed by atoms with Gasteiger partial charge in [0.05, 0.1) is 11.6 Å². The number of para-hydroxylation sites is 1. The number of hydrogen-bond acceptors (Lipinski definition) is 4. The van der Waals surface area contributed by atoms with Crippen LogP contribution in [-0.4, -0.2) is 35.9 Å². The van der Waals surface area contributed by atoms with Crippen LogP contribution in [-0.2, 0) is 9.59 Å². The van der Waals surface area contributed by atoms with Gasteiger partial charge in [-0.25, -0.2) is 0 Å². The fourth-order valence-electron chi connectivity index (χ4n) is 4.56. The van der Waals surface area contributed by atoms with Crippen molar-refractivity contribution in [1.82, 2.24) is 4.98 Å². The zero-order chi connectivity index (χ0) is 24.0. The maximum absolute atomic E-state index is 13.4. The predicted octanol–water partition coefficient (Wildman–Crippen LogP) is 5.17. The van der Waals surface area contributed by atoms with E-state index < -0.39 is 17.7 Å². The number of ketones is 1. The number of aromatic amines is 1. The minimum absolute atomic E-state index is 0.0777. The quantitative estimate of drug-likeness (QED) is 0.255. The van der Waals surface area contributed by atoms with Crippen molar-refractivity contribution in [2.75, 3.05) is 23.9 Å². The van der Waals surface area contributed by atoms with Crippen molar-refractivity contribution in [1.29, 1.82) is 0 Å². The van der Waals surface area contributed by atoms with Crippen LogP contribution in [0.2, 0.25) is 0 Å². The first-order chi connectivity index (χ1) is 16.4. The minimum atomic E-state index is -0.758. The average molecular weight is 452 g/mol. The van der Waals surface area contributed by atoms with Gasteiger partial charge in [-0.1, -0.05) is 42.5 Å². The third-order valence-electron chi connectivity index (χ3n) is 6.29. The zero-order valence-corrected chi connectivity index (χ0v) is 19.2. The Morgan fingerprint density at radius 2 is 1.71 bits per heavy atom. The molecule has 1 fully saturated rings. The first-order valence-electron chi connectivity index (χ1n) is 11.1. The highest BCUT2D eigenvalue weighted by molar-refractivity contribution is 6.51. The van der Waals surface area contributed by atoms with Crippen molar-refractivity contribution < 1.29 is 14.7 Å². The van der Waals surface area contributed by atoms with Crippen molar-refractivity contribution in [3.05, 3.63) is 101 Å². The van der Waals surface area contributed by atoms with Crippen molar-refractivity contribution in [2.45, 2.75) is 13.0 Å². The lowest BCUT2D eigenvalue weighted by atomic mass is 9.94. The van der Waals surface area contributed by atoms with Gasteiger partial charge in [0.1, 0.15) is 5.76 Å². The summed E-state index contributed by atoms with van der Waals surface area (Å²) in [6.07, 6.45) is 1.67. The molecule has 0 saturated carbocycles. The molecule has 1 aliphatic rings. The maximum atomic E-state index is 13.4. The number of amides is 1. The number of fused-ring (bicyclic) bond motifs is 1. The van der Waals surface area contributed by atoms with Crippen molar-refractivity contribution >= 4 is 39.7 Å². The van der Waals surface area contributed by atoms with E-state index in [-0.39, 0.29) is 11.3 Å². The van der Waals surface area contributed by atoms with E-state index in [0.717, 1.165) is 27.7 Å². The molecule has 4 aromatic rings. The van der Waals surface area contributed by atoms with E-state index in [1.165, 1.54) is 4.90 Å². The van der Waals surface area contributed by atoms with Crippen LogP contribution >= 0.6 is 0 Å². The van der Waals surface area contributed by atoms with Crippen LogP contribution in [0, 0.1) is 6.92 Å². The summed E-state index contributed by atoms with van der Waals surface area (Å²) in [6.45, 7) is 1.94. The topological polar surface area (TPSA) is 76.6 Å². The van der Waals surface area contributed by atoms with E-state index in [0.29, 0.717) is 11.3 Å². The van der Waals surface area contributed by atoms with Gasteiger partial charge in [0.25, 0.3) is 11.7 Å². The summed E-state index contributed by atoms with van der Waals surface area (Å²) in [5.74, 6) is -1.55. The molecule has 1 saturated heterocycles. The molecule has 1 unspecified atom stereocenters. The van der Waals surface area contributed by atoms with E-state index in [2.05, 4.69) is 4.98 Å². The number of aromatic nitrogens is 1. The standard InChI is InChI=1S/C28H25N3O3/c1-17-7-6-8-20(15-17)31-25(18-11-13-19(14-12-18)30(2)3)24(27(33)28(31)34)26(32)22-16-29-23-10-5-4-9-21(22)23/h4-16,25,29,32H,1-3H3/b26-24-. The maximum Gasteiger partial charge on any atom is 0.300 e. The Labute approximate surface area is 197 Å². The van der Waals surface area contributed by atoms with Gasteiger partial charge in [-0.05, 0) is 48.4 Å². The summed E-state index contributed by atoms with van der Waals surface area (Å²) in [4.78, 5) is 33.3. The molecule has 6 nitrogen and oxygen atoms in total. The number of Topliss-reactive ketones (excluding diaryl/α,β-unsaturated/α-hetero) is 1. The van der Waals surface area contributed by atoms with Gasteiger partial charge in [0.15, 0.2) is 0 Å². The molecule has 0 spiro atoms. The lowest BCUT2D eigenvalue weighted by Crippen LogP contribution is -2.29. The van der Waals surface area contributed by atoms with Gasteiger partial charge < -0.3 is 15.0 Å². The number of anilines is 2. The summed E-state index contributed by atoms with van der Waals surface area (Å²) in [5, 5.41) is 12.2. The molecule has 1 atom stereocenters. The molecular formula is C28H25N3O3. The molecular weight excluding hydrogens is 426 g/mol. The normalized spacial score (nSPS) is 17.5. The first-order valence-corrected chi connectivity index (χ1v) is 11.1. The molecule has 0 radical (unpaired) electrons. The van der Waals surface area contributed by atoms with Gasteiger partial charge >= 0.3 is 0 Å². The van der Waals surface area contributed by atoms with Crippen LogP contribution in [0.4, 0.5) is 11.4 Å². The highest BCUT2D eigenvalue weighted by Crippen LogP contribution is 2.43. The molecule has 1 amide bonds. The second kappa shape index (κ2) is 8.23. The van der Waals surface area contributed by atoms with Crippen LogP contribution in [0.1, 0.15) is 22.7 Å². The minimum Gasteiger partial charge on any atom is -0.507 e. The molecule has 1 aliphatic heterocycles. The van der Waals surface area contributed by atoms with Gasteiger partial charge in [0, 0.05) is 48.1 Å². The number of H-pyrrole nitrogens is 1. The third-order valence-corrected chi connectivity index (χ3v) is 6.29. The lowest BCUT2D eigenvalue weighted by Gasteiger charge is -2.26. The molecule has 170 valence electrons. The van der Waals surface area contributed by atoms with E-state index in [1.54, 1.807) is 6.20 Å². The average Bonchev–Trinajstić information content (AvgIpc) is 3.38. The molecule has 1 aromatic heterocycles. The van der Waals surface area contributed by atoms with Crippen molar-refractivity contribution in [2.24, 2.45) is 0 Å². The van der Waals surface area contributed by atoms with Crippen LogP contribution in [0.5, 0.6) is 0 Å². The summed E-state index contributed by atoms with van der Waals surface area (Å²) in [7, 11) is 3.90. The largest absolute Gasteiger partial charge is 0.507 e. The number of carbonyl (C=O) groups is 2. The van der Waals surface area contributed by atoms with Gasteiger partial charge in [-0.3, -0.25) is 14.5 Å². The molecule has 5 rings (SSSR count). The molecule has 0 bridgehead atoms. The number of rotatable bonds is 4. The van der Waals surface area contributed by atoms with Crippen molar-refractivity contribution in [3.63, 3.8) is 0 Å². The highest BCUT2D eigenvalue weighted by Gasteiger charge is 2.47. The molecule has 3 aromatic carbocycles. The van der Waals surface area contributed by atoms with E-state index in [4.69, 9.17) is 0 Å². The smallest absolute Gasteiger partial charge is 0.300 e. The molecule has 2 N–H and O–H groups in total. The number of aryl methyl sites for hydroxylation is 1. The fourth-order valence-corrected chi connectivity index (χ4v) is 4.56. The predicted molar refractivity (Wildman–Crippen MR) is 135 cm³/mol. The fraction of sp³-hybridized carbons (Fsp3) is 0.143. The van der Waals surface area contributed by atoms with Crippen LogP contribution in [0.25, 0.3) is 16.7 Å². The number of nitrogens with one attached hydrogen (secondary N) is 1. The third kappa shape index (κ3) is 3.44. The Morgan fingerprint density at radius 1 is 0.971 bits per heavy atom. The van der Waals surface area contributed by atoms with E-state index >= 15 is 0 Å². The lowest BCUT2D eigenvalue weighted by molar-refractivity contribution is -0.132. The zero-order valence-electron chi connectivity index (χ0n) is 19.2. The second-order valence-electron chi connectivity index (χ2n) is 8.74. The Balaban J connectivity index is 1.74. The highest BCUT2D eigenvalue weighted by atomic mass is 16.3. The number of carbonyl (C=O) groups excluding carboxylic acids is 2. The Hall–Kier alpha value is -4.32. The van der Waals surface area contributed by atoms with Crippen molar-refractivity contribution in [3.8, 4) is 0 Å². The molecule has 6 heteroatoms. The monoisotopic (exact) mass is 451 g/mol. The van der Waals surface area contributed by atoms with Crippen LogP contribution in [0.3, 0.4) is 0 Å². The molecule has 2 heterocycles. The molecule has 0 aliphatic carbocycles. The number of aliphatic hydroxyl groups excluding tert-OH is 1. The summed E-state index contributed by atoms with van der Waals surface area (Å²) in [5.41, 5.74) is 4.73. The summed E-state index contributed by atoms with van der Waals surface area (Å²) < 4.78 is 0. The molecule has 34 heavy (non-hydrogen) atoms. The van der Waals surface area contributed by atoms with E-state index in [1.807, 2.05) is 98.7 Å². The number of benzene rings is 3. The number of nitrogens with zero attached hydrogens (tertiary/aromatic N) is 2. The Bertz CT molecular complexity index is 1450.